The molecule has 0 saturated carbocycles. The molecule has 4 heteroatoms. The molecule has 0 aromatic heterocycles. The topological polar surface area (TPSA) is 61.8 Å². The van der Waals surface area contributed by atoms with E-state index in [1.165, 1.54) is 5.56 Å². The highest BCUT2D eigenvalue weighted by Gasteiger charge is 2.10. The van der Waals surface area contributed by atoms with E-state index in [1.807, 2.05) is 6.07 Å². The molecule has 0 radical (unpaired) electrons. The van der Waals surface area contributed by atoms with Gasteiger partial charge >= 0.3 is 0 Å². The minimum absolute atomic E-state index is 0.292. The maximum Gasteiger partial charge on any atom is 0.140 e. The molecular weight excluding hydrogens is 226 g/mol. The first-order chi connectivity index (χ1) is 8.63. The van der Waals surface area contributed by atoms with Gasteiger partial charge < -0.3 is 15.8 Å². The van der Waals surface area contributed by atoms with Gasteiger partial charge in [-0.25, -0.2) is 0 Å². The van der Waals surface area contributed by atoms with Gasteiger partial charge in [-0.1, -0.05) is 35.5 Å². The second-order valence-electron chi connectivity index (χ2n) is 4.71. The van der Waals surface area contributed by atoms with Crippen LogP contribution in [0.3, 0.4) is 0 Å². The summed E-state index contributed by atoms with van der Waals surface area (Å²) in [4.78, 5) is 2.34. The molecule has 0 atom stereocenters. The molecule has 0 aliphatic carbocycles. The van der Waals surface area contributed by atoms with E-state index in [0.29, 0.717) is 18.3 Å². The average molecular weight is 249 g/mol. The SMILES string of the molecule is CC(C)N(CC/C(N)=N/O)CCc1ccccc1. The first kappa shape index (κ1) is 14.5. The summed E-state index contributed by atoms with van der Waals surface area (Å²) in [5.74, 6) is 0.292. The predicted molar refractivity (Wildman–Crippen MR) is 74.9 cm³/mol. The summed E-state index contributed by atoms with van der Waals surface area (Å²) >= 11 is 0. The third kappa shape index (κ3) is 5.19. The Kier molecular flexibility index (Phi) is 6.22. The van der Waals surface area contributed by atoms with Crippen molar-refractivity contribution in [1.82, 2.24) is 4.90 Å². The maximum atomic E-state index is 8.54. The number of oxime groups is 1. The second kappa shape index (κ2) is 7.71. The Morgan fingerprint density at radius 1 is 1.28 bits per heavy atom. The van der Waals surface area contributed by atoms with Crippen molar-refractivity contribution in [2.24, 2.45) is 10.9 Å². The van der Waals surface area contributed by atoms with E-state index < -0.39 is 0 Å². The van der Waals surface area contributed by atoms with Gasteiger partial charge in [0, 0.05) is 25.6 Å². The van der Waals surface area contributed by atoms with Crippen LogP contribution in [0.2, 0.25) is 0 Å². The lowest BCUT2D eigenvalue weighted by molar-refractivity contribution is 0.229. The van der Waals surface area contributed by atoms with Crippen LogP contribution < -0.4 is 5.73 Å². The molecular formula is C14H23N3O. The molecule has 0 aliphatic rings. The highest BCUT2D eigenvalue weighted by atomic mass is 16.4. The van der Waals surface area contributed by atoms with Gasteiger partial charge in [-0.05, 0) is 25.8 Å². The predicted octanol–water partition coefficient (Wildman–Crippen LogP) is 2.08. The van der Waals surface area contributed by atoms with E-state index in [-0.39, 0.29) is 0 Å². The number of rotatable bonds is 7. The fourth-order valence-corrected chi connectivity index (χ4v) is 1.85. The molecule has 4 nitrogen and oxygen atoms in total. The molecule has 0 saturated heterocycles. The van der Waals surface area contributed by atoms with Gasteiger partial charge in [-0.3, -0.25) is 0 Å². The van der Waals surface area contributed by atoms with Crippen molar-refractivity contribution in [1.29, 1.82) is 0 Å². The Morgan fingerprint density at radius 2 is 1.94 bits per heavy atom. The van der Waals surface area contributed by atoms with Crippen LogP contribution in [0.4, 0.5) is 0 Å². The summed E-state index contributed by atoms with van der Waals surface area (Å²) in [6.45, 7) is 6.13. The average Bonchev–Trinajstić information content (AvgIpc) is 2.39. The molecule has 0 aliphatic heterocycles. The van der Waals surface area contributed by atoms with Gasteiger partial charge in [0.15, 0.2) is 0 Å². The van der Waals surface area contributed by atoms with Crippen molar-refractivity contribution >= 4 is 5.84 Å². The van der Waals surface area contributed by atoms with Crippen LogP contribution in [0.5, 0.6) is 0 Å². The van der Waals surface area contributed by atoms with Crippen LogP contribution in [-0.4, -0.2) is 35.1 Å². The van der Waals surface area contributed by atoms with E-state index in [9.17, 15) is 0 Å². The smallest absolute Gasteiger partial charge is 0.140 e. The van der Waals surface area contributed by atoms with Crippen molar-refractivity contribution in [3.8, 4) is 0 Å². The first-order valence-corrected chi connectivity index (χ1v) is 6.38. The number of benzene rings is 1. The summed E-state index contributed by atoms with van der Waals surface area (Å²) in [5, 5.41) is 11.5. The number of nitrogens with two attached hydrogens (primary N) is 1. The molecule has 1 aromatic carbocycles. The summed E-state index contributed by atoms with van der Waals surface area (Å²) in [5.41, 5.74) is 6.84. The molecule has 0 amide bonds. The molecule has 0 bridgehead atoms. The monoisotopic (exact) mass is 249 g/mol. The maximum absolute atomic E-state index is 8.54. The zero-order valence-electron chi connectivity index (χ0n) is 11.2. The van der Waals surface area contributed by atoms with Gasteiger partial charge in [-0.2, -0.15) is 0 Å². The van der Waals surface area contributed by atoms with Gasteiger partial charge in [0.05, 0.1) is 0 Å². The Labute approximate surface area is 109 Å². The van der Waals surface area contributed by atoms with Crippen molar-refractivity contribution in [3.05, 3.63) is 35.9 Å². The second-order valence-corrected chi connectivity index (χ2v) is 4.71. The summed E-state index contributed by atoms with van der Waals surface area (Å²) in [6.07, 6.45) is 1.62. The number of amidine groups is 1. The summed E-state index contributed by atoms with van der Waals surface area (Å²) in [6, 6.07) is 10.9. The highest BCUT2D eigenvalue weighted by molar-refractivity contribution is 5.79. The van der Waals surface area contributed by atoms with Crippen molar-refractivity contribution < 1.29 is 5.21 Å². The van der Waals surface area contributed by atoms with E-state index >= 15 is 0 Å². The quantitative estimate of drug-likeness (QED) is 0.336. The van der Waals surface area contributed by atoms with Gasteiger partial charge in [0.25, 0.3) is 0 Å². The van der Waals surface area contributed by atoms with E-state index in [0.717, 1.165) is 19.5 Å². The summed E-state index contributed by atoms with van der Waals surface area (Å²) < 4.78 is 0. The lowest BCUT2D eigenvalue weighted by Gasteiger charge is -2.26. The molecule has 1 rings (SSSR count). The van der Waals surface area contributed by atoms with Crippen LogP contribution in [0, 0.1) is 0 Å². The Balaban J connectivity index is 2.43. The number of hydrogen-bond acceptors (Lipinski definition) is 3. The largest absolute Gasteiger partial charge is 0.409 e. The van der Waals surface area contributed by atoms with Crippen molar-refractivity contribution in [3.63, 3.8) is 0 Å². The molecule has 1 aromatic rings. The van der Waals surface area contributed by atoms with Crippen LogP contribution in [0.1, 0.15) is 25.8 Å². The zero-order valence-corrected chi connectivity index (χ0v) is 11.2. The van der Waals surface area contributed by atoms with Crippen LogP contribution in [0.25, 0.3) is 0 Å². The molecule has 0 unspecified atom stereocenters. The standard InChI is InChI=1S/C14H23N3O/c1-12(2)17(11-9-14(15)16-18)10-8-13-6-4-3-5-7-13/h3-7,12,18H,8-11H2,1-2H3,(H2,15,16). The van der Waals surface area contributed by atoms with Gasteiger partial charge in [0.2, 0.25) is 0 Å². The van der Waals surface area contributed by atoms with E-state index in [2.05, 4.69) is 48.2 Å². The summed E-state index contributed by atoms with van der Waals surface area (Å²) in [7, 11) is 0. The molecule has 3 N–H and O–H groups in total. The van der Waals surface area contributed by atoms with Crippen molar-refractivity contribution in [2.45, 2.75) is 32.7 Å². The third-order valence-electron chi connectivity index (χ3n) is 3.04. The molecule has 0 heterocycles. The fourth-order valence-electron chi connectivity index (χ4n) is 1.85. The minimum Gasteiger partial charge on any atom is -0.409 e. The minimum atomic E-state index is 0.292. The van der Waals surface area contributed by atoms with Gasteiger partial charge in [-0.15, -0.1) is 0 Å². The van der Waals surface area contributed by atoms with E-state index in [1.54, 1.807) is 0 Å². The van der Waals surface area contributed by atoms with E-state index in [4.69, 9.17) is 10.9 Å². The normalized spacial score (nSPS) is 12.3. The highest BCUT2D eigenvalue weighted by Crippen LogP contribution is 2.05. The number of nitrogens with zero attached hydrogens (tertiary/aromatic N) is 2. The lowest BCUT2D eigenvalue weighted by atomic mass is 10.1. The molecule has 100 valence electrons. The Hall–Kier alpha value is -1.55. The van der Waals surface area contributed by atoms with Gasteiger partial charge in [0.1, 0.15) is 5.84 Å². The lowest BCUT2D eigenvalue weighted by Crippen LogP contribution is -2.35. The fraction of sp³-hybridized carbons (Fsp3) is 0.500. The van der Waals surface area contributed by atoms with Crippen LogP contribution >= 0.6 is 0 Å². The number of hydrogen-bond donors (Lipinski definition) is 2. The molecule has 18 heavy (non-hydrogen) atoms. The Bertz CT molecular complexity index is 363. The molecule has 0 spiro atoms. The zero-order chi connectivity index (χ0) is 13.4. The first-order valence-electron chi connectivity index (χ1n) is 6.38. The van der Waals surface area contributed by atoms with Crippen LogP contribution in [-0.2, 0) is 6.42 Å². The third-order valence-corrected chi connectivity index (χ3v) is 3.04. The van der Waals surface area contributed by atoms with Crippen LogP contribution in [0.15, 0.2) is 35.5 Å². The molecule has 0 fully saturated rings. The van der Waals surface area contributed by atoms with Crippen molar-refractivity contribution in [2.75, 3.05) is 13.1 Å². The Morgan fingerprint density at radius 3 is 2.50 bits per heavy atom.